The number of nitrogens with one attached hydrogen (secondary N) is 2. The molecule has 0 radical (unpaired) electrons. The highest BCUT2D eigenvalue weighted by Crippen LogP contribution is 2.24. The highest BCUT2D eigenvalue weighted by molar-refractivity contribution is 6.07. The lowest BCUT2D eigenvalue weighted by molar-refractivity contribution is -0.384. The minimum Gasteiger partial charge on any atom is -0.476 e. The molecule has 0 unspecified atom stereocenters. The number of aromatic carboxylic acids is 1. The number of carboxylic acid groups (broad SMARTS) is 1. The number of methoxy groups -OCH3 is 2. The van der Waals surface area contributed by atoms with Crippen molar-refractivity contribution in [3.05, 3.63) is 68.0 Å². The molecule has 2 aromatic heterocycles. The van der Waals surface area contributed by atoms with Gasteiger partial charge in [0.15, 0.2) is 11.5 Å². The van der Waals surface area contributed by atoms with Gasteiger partial charge in [-0.3, -0.25) is 44.8 Å². The topological polar surface area (TPSA) is 277 Å². The van der Waals surface area contributed by atoms with Crippen LogP contribution in [-0.2, 0) is 19.1 Å². The first-order chi connectivity index (χ1) is 20.2. The molecule has 4 aromatic rings. The molecule has 2 aromatic carbocycles. The summed E-state index contributed by atoms with van der Waals surface area (Å²) in [6.45, 7) is 3.16. The first kappa shape index (κ1) is 33.4. The van der Waals surface area contributed by atoms with Gasteiger partial charge in [0.05, 0.1) is 41.0 Å². The van der Waals surface area contributed by atoms with E-state index in [1.807, 2.05) is 0 Å². The lowest BCUT2D eigenvalue weighted by atomic mass is 10.0. The standard InChI is InChI=1S/C13H13N3O5.C8H5N3O4.C4H9NO2/c1-7(13(18)21-2)5-11(17)12-9-4-3-8(16(19)20)6-10(9)14-15-12;12-8(13)7-5-2-1-4(11(14)15)3-6(5)9-10-7;1-3(5)4(6)7-2/h3-4,6-7H,5H2,1-2H3,(H,14,15);1-3H,(H,9,10)(H,12,13);3H,5H2,1-2H3/t7-;;3-/m1.0/s1. The van der Waals surface area contributed by atoms with Gasteiger partial charge in [-0.15, -0.1) is 0 Å². The Kier molecular flexibility index (Phi) is 11.5. The SMILES string of the molecule is COC(=O)[C@H](C)CC(=O)c1n[nH]c2cc([N+](=O)[O-])ccc12.COC(=O)[C@H](C)N.O=C(O)c1n[nH]c2cc([N+](=O)[O-])ccc12. The minimum atomic E-state index is -1.17. The smallest absolute Gasteiger partial charge is 0.357 e. The molecule has 2 atom stereocenters. The number of fused-ring (bicyclic) bond motifs is 2. The number of hydrogen-bond acceptors (Lipinski definition) is 13. The molecule has 0 spiro atoms. The van der Waals surface area contributed by atoms with Gasteiger partial charge in [0, 0.05) is 41.5 Å². The number of ether oxygens (including phenoxy) is 2. The van der Waals surface area contributed by atoms with Crippen LogP contribution in [-0.4, -0.2) is 79.3 Å². The number of aromatic nitrogens is 4. The van der Waals surface area contributed by atoms with Gasteiger partial charge < -0.3 is 20.3 Å². The predicted octanol–water partition coefficient (Wildman–Crippen LogP) is 2.53. The third-order valence-corrected chi connectivity index (χ3v) is 5.65. The molecule has 0 saturated heterocycles. The van der Waals surface area contributed by atoms with Crippen molar-refractivity contribution in [2.75, 3.05) is 14.2 Å². The van der Waals surface area contributed by atoms with Crippen molar-refractivity contribution in [2.45, 2.75) is 26.3 Å². The number of nitrogens with zero attached hydrogens (tertiary/aromatic N) is 4. The summed E-state index contributed by atoms with van der Waals surface area (Å²) in [5, 5.41) is 43.2. The van der Waals surface area contributed by atoms with Crippen LogP contribution < -0.4 is 5.73 Å². The Morgan fingerprint density at radius 3 is 1.67 bits per heavy atom. The van der Waals surface area contributed by atoms with Crippen molar-refractivity contribution in [2.24, 2.45) is 11.7 Å². The number of aromatic amines is 2. The number of nitro benzene ring substituents is 2. The fourth-order valence-corrected chi connectivity index (χ4v) is 3.46. The molecule has 18 nitrogen and oxygen atoms in total. The number of H-pyrrole nitrogens is 2. The van der Waals surface area contributed by atoms with Crippen LogP contribution in [0.25, 0.3) is 21.8 Å². The summed E-state index contributed by atoms with van der Waals surface area (Å²) in [4.78, 5) is 64.4. The first-order valence-electron chi connectivity index (χ1n) is 12.1. The summed E-state index contributed by atoms with van der Waals surface area (Å²) < 4.78 is 8.81. The van der Waals surface area contributed by atoms with Crippen LogP contribution in [0, 0.1) is 26.1 Å². The summed E-state index contributed by atoms with van der Waals surface area (Å²) >= 11 is 0. The van der Waals surface area contributed by atoms with Crippen LogP contribution in [0.2, 0.25) is 0 Å². The van der Waals surface area contributed by atoms with E-state index in [-0.39, 0.29) is 40.9 Å². The van der Waals surface area contributed by atoms with E-state index in [0.717, 1.165) is 0 Å². The summed E-state index contributed by atoms with van der Waals surface area (Å²) in [7, 11) is 2.57. The molecule has 4 rings (SSSR count). The number of carbonyl (C=O) groups excluding carboxylic acids is 3. The fraction of sp³-hybridized carbons (Fsp3) is 0.280. The number of nitrogens with two attached hydrogens (primary N) is 1. The predicted molar refractivity (Wildman–Crippen MR) is 148 cm³/mol. The van der Waals surface area contributed by atoms with E-state index in [2.05, 4.69) is 29.9 Å². The van der Waals surface area contributed by atoms with Crippen molar-refractivity contribution in [3.63, 3.8) is 0 Å². The summed E-state index contributed by atoms with van der Waals surface area (Å²) in [6, 6.07) is 7.43. The van der Waals surface area contributed by atoms with E-state index >= 15 is 0 Å². The normalized spacial score (nSPS) is 11.7. The summed E-state index contributed by atoms with van der Waals surface area (Å²) in [5.41, 5.74) is 5.63. The molecule has 0 fully saturated rings. The average Bonchev–Trinajstić information content (AvgIpc) is 3.60. The number of rotatable bonds is 8. The van der Waals surface area contributed by atoms with Crippen LogP contribution in [0.5, 0.6) is 0 Å². The number of hydrogen-bond donors (Lipinski definition) is 4. The molecule has 0 amide bonds. The molecular weight excluding hydrogens is 574 g/mol. The summed E-state index contributed by atoms with van der Waals surface area (Å²) in [5.74, 6) is -2.92. The fourth-order valence-electron chi connectivity index (χ4n) is 3.46. The zero-order valence-electron chi connectivity index (χ0n) is 23.2. The second kappa shape index (κ2) is 14.7. The third-order valence-electron chi connectivity index (χ3n) is 5.65. The van der Waals surface area contributed by atoms with Gasteiger partial charge in [0.25, 0.3) is 11.4 Å². The van der Waals surface area contributed by atoms with Gasteiger partial charge in [-0.05, 0) is 19.1 Å². The molecule has 18 heteroatoms. The van der Waals surface area contributed by atoms with Crippen molar-refractivity contribution in [1.29, 1.82) is 0 Å². The Labute approximate surface area is 241 Å². The van der Waals surface area contributed by atoms with Gasteiger partial charge in [-0.2, -0.15) is 10.2 Å². The van der Waals surface area contributed by atoms with E-state index in [1.54, 1.807) is 13.8 Å². The molecule has 0 aliphatic rings. The number of carbonyl (C=O) groups is 4. The maximum Gasteiger partial charge on any atom is 0.357 e. The highest BCUT2D eigenvalue weighted by Gasteiger charge is 2.22. The van der Waals surface area contributed by atoms with Crippen molar-refractivity contribution in [1.82, 2.24) is 20.4 Å². The van der Waals surface area contributed by atoms with Crippen molar-refractivity contribution < 1.29 is 43.6 Å². The molecule has 0 bridgehead atoms. The van der Waals surface area contributed by atoms with Crippen molar-refractivity contribution >= 4 is 56.9 Å². The lowest BCUT2D eigenvalue weighted by Crippen LogP contribution is -2.27. The second-order valence-corrected chi connectivity index (χ2v) is 8.79. The zero-order valence-corrected chi connectivity index (χ0v) is 23.2. The highest BCUT2D eigenvalue weighted by atomic mass is 16.6. The molecule has 228 valence electrons. The van der Waals surface area contributed by atoms with Gasteiger partial charge in [0.1, 0.15) is 11.7 Å². The Bertz CT molecular complexity index is 1680. The van der Waals surface area contributed by atoms with E-state index in [0.29, 0.717) is 21.8 Å². The van der Waals surface area contributed by atoms with Crippen LogP contribution >= 0.6 is 0 Å². The van der Waals surface area contributed by atoms with E-state index in [9.17, 15) is 39.4 Å². The minimum absolute atomic E-state index is 0.0381. The number of non-ortho nitro benzene ring substituents is 2. The Balaban J connectivity index is 0.000000255. The first-order valence-corrected chi connectivity index (χ1v) is 12.1. The maximum atomic E-state index is 12.1. The van der Waals surface area contributed by atoms with Gasteiger partial charge in [-0.25, -0.2) is 4.79 Å². The summed E-state index contributed by atoms with van der Waals surface area (Å²) in [6.07, 6.45) is -0.0381. The van der Waals surface area contributed by atoms with Gasteiger partial charge in [-0.1, -0.05) is 6.92 Å². The van der Waals surface area contributed by atoms with E-state index < -0.39 is 33.7 Å². The second-order valence-electron chi connectivity index (χ2n) is 8.79. The number of benzene rings is 2. The van der Waals surface area contributed by atoms with Crippen LogP contribution in [0.15, 0.2) is 36.4 Å². The Morgan fingerprint density at radius 1 is 0.860 bits per heavy atom. The van der Waals surface area contributed by atoms with Gasteiger partial charge >= 0.3 is 17.9 Å². The maximum absolute atomic E-state index is 12.1. The third kappa shape index (κ3) is 8.60. The molecule has 5 N–H and O–H groups in total. The Hall–Kier alpha value is -5.78. The number of Topliss-reactive ketones (excluding diaryl/α,β-unsaturated/α-hetero) is 1. The number of ketones is 1. The molecule has 0 aliphatic heterocycles. The van der Waals surface area contributed by atoms with Crippen LogP contribution in [0.1, 0.15) is 41.2 Å². The number of carboxylic acids is 1. The molecule has 2 heterocycles. The molecule has 43 heavy (non-hydrogen) atoms. The molecule has 0 aliphatic carbocycles. The van der Waals surface area contributed by atoms with E-state index in [4.69, 9.17) is 10.8 Å². The van der Waals surface area contributed by atoms with Crippen molar-refractivity contribution in [3.8, 4) is 0 Å². The van der Waals surface area contributed by atoms with Crippen LogP contribution in [0.3, 0.4) is 0 Å². The Morgan fingerprint density at radius 2 is 1.30 bits per heavy atom. The zero-order chi connectivity index (χ0) is 32.4. The quantitative estimate of drug-likeness (QED) is 0.0977. The average molecular weight is 602 g/mol. The van der Waals surface area contributed by atoms with E-state index in [1.165, 1.54) is 50.6 Å². The largest absolute Gasteiger partial charge is 0.476 e. The monoisotopic (exact) mass is 601 g/mol. The number of esters is 2. The van der Waals surface area contributed by atoms with Gasteiger partial charge in [0.2, 0.25) is 0 Å². The van der Waals surface area contributed by atoms with Crippen LogP contribution in [0.4, 0.5) is 11.4 Å². The molecular formula is C25H27N7O11. The number of nitro groups is 2. The lowest BCUT2D eigenvalue weighted by Gasteiger charge is -2.06. The molecule has 0 saturated carbocycles.